The number of aliphatic hydroxyl groups is 1. The SMILES string of the molecule is CC(O)(c1ccccc1)C(F)(F)F.Fc1ccc(SC2CCNC2)cc1. The number of hydrogen-bond donors (Lipinski definition) is 2. The van der Waals surface area contributed by atoms with E-state index in [9.17, 15) is 22.7 Å². The van der Waals surface area contributed by atoms with Crippen molar-refractivity contribution in [2.45, 2.75) is 35.3 Å². The molecule has 2 aromatic rings. The molecule has 2 unspecified atom stereocenters. The molecule has 3 rings (SSSR count). The normalized spacial score (nSPS) is 19.4. The number of benzene rings is 2. The van der Waals surface area contributed by atoms with Gasteiger partial charge in [-0.3, -0.25) is 0 Å². The van der Waals surface area contributed by atoms with E-state index in [0.29, 0.717) is 5.25 Å². The third kappa shape index (κ3) is 5.72. The van der Waals surface area contributed by atoms with Crippen LogP contribution in [0.2, 0.25) is 0 Å². The lowest BCUT2D eigenvalue weighted by Crippen LogP contribution is -2.39. The molecule has 2 N–H and O–H groups in total. The zero-order valence-corrected chi connectivity index (χ0v) is 15.1. The zero-order chi connectivity index (χ0) is 19.2. The fraction of sp³-hybridized carbons (Fsp3) is 0.368. The first-order valence-electron chi connectivity index (χ1n) is 8.18. The minimum absolute atomic E-state index is 0.150. The van der Waals surface area contributed by atoms with Crippen molar-refractivity contribution < 1.29 is 22.7 Å². The van der Waals surface area contributed by atoms with Crippen LogP contribution in [0, 0.1) is 5.82 Å². The van der Waals surface area contributed by atoms with Crippen LogP contribution in [-0.4, -0.2) is 29.6 Å². The molecule has 142 valence electrons. The van der Waals surface area contributed by atoms with E-state index in [4.69, 9.17) is 0 Å². The van der Waals surface area contributed by atoms with E-state index < -0.39 is 11.8 Å². The minimum Gasteiger partial charge on any atom is -0.376 e. The number of rotatable bonds is 3. The quantitative estimate of drug-likeness (QED) is 0.747. The van der Waals surface area contributed by atoms with Gasteiger partial charge in [-0.15, -0.1) is 11.8 Å². The van der Waals surface area contributed by atoms with Gasteiger partial charge in [0.25, 0.3) is 0 Å². The van der Waals surface area contributed by atoms with Crippen LogP contribution in [-0.2, 0) is 5.60 Å². The molecular weight excluding hydrogens is 366 g/mol. The molecule has 7 heteroatoms. The third-order valence-corrected chi connectivity index (χ3v) is 5.30. The first kappa shape index (κ1) is 20.7. The fourth-order valence-corrected chi connectivity index (χ4v) is 3.48. The molecule has 26 heavy (non-hydrogen) atoms. The van der Waals surface area contributed by atoms with Crippen LogP contribution < -0.4 is 5.32 Å². The van der Waals surface area contributed by atoms with Crippen molar-refractivity contribution in [1.82, 2.24) is 5.32 Å². The highest BCUT2D eigenvalue weighted by atomic mass is 32.2. The lowest BCUT2D eigenvalue weighted by Gasteiger charge is -2.26. The lowest BCUT2D eigenvalue weighted by molar-refractivity contribution is -0.258. The number of thioether (sulfide) groups is 1. The number of nitrogens with one attached hydrogen (secondary N) is 1. The Labute approximate surface area is 154 Å². The summed E-state index contributed by atoms with van der Waals surface area (Å²) in [5.74, 6) is -0.158. The van der Waals surface area contributed by atoms with E-state index in [2.05, 4.69) is 5.32 Å². The van der Waals surface area contributed by atoms with Gasteiger partial charge in [-0.05, 0) is 49.7 Å². The van der Waals surface area contributed by atoms with Crippen LogP contribution in [0.5, 0.6) is 0 Å². The molecule has 0 amide bonds. The van der Waals surface area contributed by atoms with Gasteiger partial charge >= 0.3 is 6.18 Å². The second-order valence-electron chi connectivity index (χ2n) is 6.12. The Balaban J connectivity index is 0.000000187. The molecular formula is C19H21F4NOS. The molecule has 1 saturated heterocycles. The number of halogens is 4. The number of alkyl halides is 3. The summed E-state index contributed by atoms with van der Waals surface area (Å²) in [5.41, 5.74) is -2.92. The molecule has 2 nitrogen and oxygen atoms in total. The van der Waals surface area contributed by atoms with E-state index in [1.807, 2.05) is 23.9 Å². The Morgan fingerprint density at radius 2 is 1.65 bits per heavy atom. The van der Waals surface area contributed by atoms with E-state index >= 15 is 0 Å². The standard InChI is InChI=1S/C10H12FNS.C9H9F3O/c11-8-1-3-9(4-2-8)13-10-5-6-12-7-10;1-8(13,9(10,11)12)7-5-3-2-4-6-7/h1-4,10,12H,5-7H2;2-6,13H,1H3. The highest BCUT2D eigenvalue weighted by Crippen LogP contribution is 2.38. The molecule has 0 bridgehead atoms. The van der Waals surface area contributed by atoms with Crippen molar-refractivity contribution in [3.8, 4) is 0 Å². The van der Waals surface area contributed by atoms with Crippen molar-refractivity contribution in [2.24, 2.45) is 0 Å². The molecule has 0 saturated carbocycles. The smallest absolute Gasteiger partial charge is 0.376 e. The summed E-state index contributed by atoms with van der Waals surface area (Å²) in [4.78, 5) is 1.16. The Morgan fingerprint density at radius 3 is 2.15 bits per heavy atom. The van der Waals surface area contributed by atoms with Crippen LogP contribution in [0.3, 0.4) is 0 Å². The Kier molecular flexibility index (Phi) is 7.08. The summed E-state index contributed by atoms with van der Waals surface area (Å²) < 4.78 is 49.4. The Morgan fingerprint density at radius 1 is 1.04 bits per heavy atom. The summed E-state index contributed by atoms with van der Waals surface area (Å²) in [6, 6.07) is 13.7. The first-order valence-corrected chi connectivity index (χ1v) is 9.05. The van der Waals surface area contributed by atoms with E-state index in [-0.39, 0.29) is 11.4 Å². The highest BCUT2D eigenvalue weighted by Gasteiger charge is 2.50. The Bertz CT molecular complexity index is 668. The van der Waals surface area contributed by atoms with E-state index in [1.54, 1.807) is 6.07 Å². The summed E-state index contributed by atoms with van der Waals surface area (Å²) in [5, 5.41) is 13.2. The largest absolute Gasteiger partial charge is 0.421 e. The number of hydrogen-bond acceptors (Lipinski definition) is 3. The predicted molar refractivity (Wildman–Crippen MR) is 95.6 cm³/mol. The van der Waals surface area contributed by atoms with Crippen molar-refractivity contribution in [3.05, 3.63) is 66.0 Å². The first-order chi connectivity index (χ1) is 12.2. The molecule has 1 fully saturated rings. The highest BCUT2D eigenvalue weighted by molar-refractivity contribution is 8.00. The Hall–Kier alpha value is -1.57. The summed E-state index contributed by atoms with van der Waals surface area (Å²) >= 11 is 1.83. The molecule has 0 aromatic heterocycles. The van der Waals surface area contributed by atoms with Gasteiger partial charge in [0.1, 0.15) is 5.82 Å². The summed E-state index contributed by atoms with van der Waals surface area (Å²) in [7, 11) is 0. The van der Waals surface area contributed by atoms with Crippen molar-refractivity contribution in [2.75, 3.05) is 13.1 Å². The lowest BCUT2D eigenvalue weighted by atomic mass is 9.96. The molecule has 0 spiro atoms. The predicted octanol–water partition coefficient (Wildman–Crippen LogP) is 4.74. The second-order valence-corrected chi connectivity index (χ2v) is 7.50. The molecule has 1 heterocycles. The average Bonchev–Trinajstić information content (AvgIpc) is 3.10. The zero-order valence-electron chi connectivity index (χ0n) is 14.3. The van der Waals surface area contributed by atoms with Crippen LogP contribution in [0.25, 0.3) is 0 Å². The second kappa shape index (κ2) is 8.88. The molecule has 0 radical (unpaired) electrons. The van der Waals surface area contributed by atoms with Crippen molar-refractivity contribution >= 4 is 11.8 Å². The molecule has 2 aromatic carbocycles. The molecule has 2 atom stereocenters. The average molecular weight is 387 g/mol. The van der Waals surface area contributed by atoms with Gasteiger partial charge in [0, 0.05) is 16.7 Å². The maximum Gasteiger partial charge on any atom is 0.421 e. The van der Waals surface area contributed by atoms with Crippen molar-refractivity contribution in [1.29, 1.82) is 0 Å². The fourth-order valence-electron chi connectivity index (χ4n) is 2.36. The summed E-state index contributed by atoms with van der Waals surface area (Å²) in [6.45, 7) is 2.92. The van der Waals surface area contributed by atoms with E-state index in [0.717, 1.165) is 24.9 Å². The molecule has 0 aliphatic carbocycles. The maximum atomic E-state index is 12.6. The van der Waals surface area contributed by atoms with Crippen LogP contribution >= 0.6 is 11.8 Å². The molecule has 1 aliphatic rings. The van der Waals surface area contributed by atoms with Gasteiger partial charge in [0.15, 0.2) is 5.60 Å². The minimum atomic E-state index is -4.64. The van der Waals surface area contributed by atoms with Crippen LogP contribution in [0.4, 0.5) is 17.6 Å². The third-order valence-electron chi connectivity index (χ3n) is 4.02. The van der Waals surface area contributed by atoms with E-state index in [1.165, 1.54) is 42.8 Å². The van der Waals surface area contributed by atoms with Gasteiger partial charge in [-0.25, -0.2) is 4.39 Å². The molecule has 1 aliphatic heterocycles. The van der Waals surface area contributed by atoms with Gasteiger partial charge in [-0.1, -0.05) is 30.3 Å². The monoisotopic (exact) mass is 387 g/mol. The summed E-state index contributed by atoms with van der Waals surface area (Å²) in [6.07, 6.45) is -3.43. The van der Waals surface area contributed by atoms with Gasteiger partial charge in [0.2, 0.25) is 0 Å². The maximum absolute atomic E-state index is 12.6. The van der Waals surface area contributed by atoms with Crippen LogP contribution in [0.1, 0.15) is 18.9 Å². The van der Waals surface area contributed by atoms with Crippen LogP contribution in [0.15, 0.2) is 59.5 Å². The topological polar surface area (TPSA) is 32.3 Å². The van der Waals surface area contributed by atoms with Gasteiger partial charge in [0.05, 0.1) is 0 Å². The van der Waals surface area contributed by atoms with Crippen molar-refractivity contribution in [3.63, 3.8) is 0 Å². The van der Waals surface area contributed by atoms with Gasteiger partial charge in [-0.2, -0.15) is 13.2 Å². The van der Waals surface area contributed by atoms with Gasteiger partial charge < -0.3 is 10.4 Å².